The first-order valence-corrected chi connectivity index (χ1v) is 6.11. The number of carbonyl (C=O) groups is 2. The van der Waals surface area contributed by atoms with E-state index in [1.807, 2.05) is 0 Å². The van der Waals surface area contributed by atoms with Gasteiger partial charge in [0.25, 0.3) is 0 Å². The van der Waals surface area contributed by atoms with E-state index in [9.17, 15) is 9.59 Å². The molecule has 0 saturated heterocycles. The molecule has 2 rings (SSSR count). The minimum Gasteiger partial charge on any atom is -0.477 e. The number of hydrogen-bond acceptors (Lipinski definition) is 5. The summed E-state index contributed by atoms with van der Waals surface area (Å²) in [4.78, 5) is 20.9. The topological polar surface area (TPSA) is 101 Å². The molecule has 17 heavy (non-hydrogen) atoms. The summed E-state index contributed by atoms with van der Waals surface area (Å²) >= 11 is 2.36. The molecule has 0 amide bonds. The largest absolute Gasteiger partial charge is 0.477 e. The molecular weight excluding hydrogens is 262 g/mol. The second-order valence-electron chi connectivity index (χ2n) is 2.79. The van der Waals surface area contributed by atoms with Crippen LogP contribution < -0.4 is 5.73 Å². The zero-order valence-corrected chi connectivity index (χ0v) is 10.1. The third-order valence-electron chi connectivity index (χ3n) is 1.62. The molecule has 0 atom stereocenters. The Balaban J connectivity index is 0.000000171. The number of carboxylic acids is 2. The summed E-state index contributed by atoms with van der Waals surface area (Å²) < 4.78 is 0. The van der Waals surface area contributed by atoms with E-state index in [-0.39, 0.29) is 4.88 Å². The summed E-state index contributed by atoms with van der Waals surface area (Å²) in [7, 11) is 0. The number of hydrogen-bond donors (Lipinski definition) is 3. The summed E-state index contributed by atoms with van der Waals surface area (Å²) in [5.74, 6) is -1.80. The Kier molecular flexibility index (Phi) is 4.68. The number of carboxylic acid groups (broad SMARTS) is 2. The van der Waals surface area contributed by atoms with Crippen molar-refractivity contribution in [3.63, 3.8) is 0 Å². The van der Waals surface area contributed by atoms with Gasteiger partial charge in [0.15, 0.2) is 0 Å². The van der Waals surface area contributed by atoms with Crippen LogP contribution in [0.4, 0.5) is 5.69 Å². The lowest BCUT2D eigenvalue weighted by atomic mass is 10.4. The number of rotatable bonds is 2. The molecule has 2 aromatic heterocycles. The van der Waals surface area contributed by atoms with Crippen LogP contribution in [0.3, 0.4) is 0 Å². The van der Waals surface area contributed by atoms with Crippen LogP contribution in [-0.2, 0) is 0 Å². The van der Waals surface area contributed by atoms with Gasteiger partial charge in [0.2, 0.25) is 0 Å². The average molecular weight is 271 g/mol. The molecule has 5 nitrogen and oxygen atoms in total. The van der Waals surface area contributed by atoms with Gasteiger partial charge in [-0.1, -0.05) is 6.07 Å². The van der Waals surface area contributed by atoms with Gasteiger partial charge >= 0.3 is 11.9 Å². The first-order chi connectivity index (χ1) is 8.02. The highest BCUT2D eigenvalue weighted by molar-refractivity contribution is 7.12. The van der Waals surface area contributed by atoms with Crippen LogP contribution in [0.25, 0.3) is 0 Å². The van der Waals surface area contributed by atoms with E-state index in [0.717, 1.165) is 11.3 Å². The number of aromatic carboxylic acids is 2. The summed E-state index contributed by atoms with van der Waals surface area (Å²) in [5.41, 5.74) is 5.61. The smallest absolute Gasteiger partial charge is 0.348 e. The van der Waals surface area contributed by atoms with E-state index < -0.39 is 11.9 Å². The average Bonchev–Trinajstić information content (AvgIpc) is 2.87. The fourth-order valence-corrected chi connectivity index (χ4v) is 2.11. The molecule has 4 N–H and O–H groups in total. The molecule has 0 spiro atoms. The molecule has 0 saturated carbocycles. The van der Waals surface area contributed by atoms with Crippen molar-refractivity contribution >= 4 is 40.3 Å². The maximum absolute atomic E-state index is 10.2. The minimum atomic E-state index is -0.956. The van der Waals surface area contributed by atoms with Crippen molar-refractivity contribution in [2.24, 2.45) is 0 Å². The van der Waals surface area contributed by atoms with Crippen LogP contribution in [0.2, 0.25) is 0 Å². The maximum Gasteiger partial charge on any atom is 0.348 e. The Bertz CT molecular complexity index is 504. The number of anilines is 1. The molecule has 2 heterocycles. The van der Waals surface area contributed by atoms with Crippen molar-refractivity contribution in [3.8, 4) is 0 Å². The van der Waals surface area contributed by atoms with Gasteiger partial charge < -0.3 is 15.9 Å². The zero-order valence-electron chi connectivity index (χ0n) is 8.49. The Morgan fingerprint density at radius 2 is 1.76 bits per heavy atom. The monoisotopic (exact) mass is 271 g/mol. The highest BCUT2D eigenvalue weighted by atomic mass is 32.1. The normalized spacial score (nSPS) is 9.18. The van der Waals surface area contributed by atoms with Gasteiger partial charge in [0.05, 0.1) is 5.69 Å². The van der Waals surface area contributed by atoms with E-state index in [1.165, 1.54) is 11.3 Å². The highest BCUT2D eigenvalue weighted by Gasteiger charge is 2.06. The molecular formula is C10H9NO4S2. The Morgan fingerprint density at radius 3 is 2.00 bits per heavy atom. The molecule has 0 aromatic carbocycles. The van der Waals surface area contributed by atoms with E-state index in [0.29, 0.717) is 10.6 Å². The molecule has 0 aliphatic rings. The van der Waals surface area contributed by atoms with E-state index >= 15 is 0 Å². The predicted molar refractivity (Wildman–Crippen MR) is 67.0 cm³/mol. The summed E-state index contributed by atoms with van der Waals surface area (Å²) in [6.07, 6.45) is 0. The van der Waals surface area contributed by atoms with Crippen LogP contribution in [0.5, 0.6) is 0 Å². The Labute approximate surface area is 105 Å². The predicted octanol–water partition coefficient (Wildman–Crippen LogP) is 2.47. The number of thiophene rings is 2. The van der Waals surface area contributed by atoms with E-state index in [4.69, 9.17) is 15.9 Å². The lowest BCUT2D eigenvalue weighted by Crippen LogP contribution is -1.96. The quantitative estimate of drug-likeness (QED) is 0.779. The maximum atomic E-state index is 10.2. The van der Waals surface area contributed by atoms with Gasteiger partial charge in [-0.2, -0.15) is 0 Å². The molecule has 0 radical (unpaired) electrons. The van der Waals surface area contributed by atoms with Gasteiger partial charge in [-0.05, 0) is 22.9 Å². The van der Waals surface area contributed by atoms with Crippen LogP contribution in [-0.4, -0.2) is 22.2 Å². The number of nitrogen functional groups attached to an aromatic ring is 1. The summed E-state index contributed by atoms with van der Waals surface area (Å²) in [5, 5.41) is 20.1. The Morgan fingerprint density at radius 1 is 1.06 bits per heavy atom. The van der Waals surface area contributed by atoms with Gasteiger partial charge in [-0.25, -0.2) is 9.59 Å². The Hall–Kier alpha value is -1.86. The molecule has 0 aliphatic heterocycles. The third kappa shape index (κ3) is 3.89. The molecule has 0 aliphatic carbocycles. The van der Waals surface area contributed by atoms with Crippen molar-refractivity contribution in [1.82, 2.24) is 0 Å². The second-order valence-corrected chi connectivity index (χ2v) is 4.66. The lowest BCUT2D eigenvalue weighted by molar-refractivity contribution is 0.0691. The van der Waals surface area contributed by atoms with Gasteiger partial charge in [0.1, 0.15) is 9.75 Å². The SMILES string of the molecule is Nc1ccsc1C(=O)O.O=C(O)c1cccs1. The van der Waals surface area contributed by atoms with Crippen molar-refractivity contribution in [2.75, 3.05) is 5.73 Å². The molecule has 0 bridgehead atoms. The van der Waals surface area contributed by atoms with Crippen molar-refractivity contribution in [2.45, 2.75) is 0 Å². The highest BCUT2D eigenvalue weighted by Crippen LogP contribution is 2.17. The van der Waals surface area contributed by atoms with Crippen molar-refractivity contribution in [1.29, 1.82) is 0 Å². The standard InChI is InChI=1S/C5H5NO2S.C5H4O2S/c6-3-1-2-9-4(3)5(7)8;6-5(7)4-2-1-3-8-4/h1-2H,6H2,(H,7,8);1-3H,(H,6,7). The van der Waals surface area contributed by atoms with Crippen LogP contribution in [0.15, 0.2) is 29.0 Å². The molecule has 7 heteroatoms. The van der Waals surface area contributed by atoms with Crippen LogP contribution in [0.1, 0.15) is 19.3 Å². The van der Waals surface area contributed by atoms with E-state index in [2.05, 4.69) is 0 Å². The van der Waals surface area contributed by atoms with Crippen LogP contribution >= 0.6 is 22.7 Å². The first kappa shape index (κ1) is 13.2. The number of nitrogens with two attached hydrogens (primary N) is 1. The van der Waals surface area contributed by atoms with Crippen molar-refractivity contribution < 1.29 is 19.8 Å². The first-order valence-electron chi connectivity index (χ1n) is 4.35. The summed E-state index contributed by atoms with van der Waals surface area (Å²) in [6.45, 7) is 0. The van der Waals surface area contributed by atoms with Gasteiger partial charge in [-0.3, -0.25) is 0 Å². The lowest BCUT2D eigenvalue weighted by Gasteiger charge is -1.86. The molecule has 0 fully saturated rings. The van der Waals surface area contributed by atoms with Crippen LogP contribution in [0, 0.1) is 0 Å². The third-order valence-corrected chi connectivity index (χ3v) is 3.40. The summed E-state index contributed by atoms with van der Waals surface area (Å²) in [6, 6.07) is 4.87. The molecule has 2 aromatic rings. The van der Waals surface area contributed by atoms with E-state index in [1.54, 1.807) is 29.0 Å². The molecule has 0 unspecified atom stereocenters. The fraction of sp³-hybridized carbons (Fsp3) is 0. The van der Waals surface area contributed by atoms with Gasteiger partial charge in [-0.15, -0.1) is 22.7 Å². The fourth-order valence-electron chi connectivity index (χ4n) is 0.893. The second kappa shape index (κ2) is 6.02. The molecule has 90 valence electrons. The van der Waals surface area contributed by atoms with Crippen molar-refractivity contribution in [3.05, 3.63) is 38.7 Å². The van der Waals surface area contributed by atoms with Gasteiger partial charge in [0, 0.05) is 0 Å². The minimum absolute atomic E-state index is 0.218. The zero-order chi connectivity index (χ0) is 12.8.